The highest BCUT2D eigenvalue weighted by Gasteiger charge is 2.33. The summed E-state index contributed by atoms with van der Waals surface area (Å²) < 4.78 is 49.3. The fourth-order valence-corrected chi connectivity index (χ4v) is 2.67. The first-order chi connectivity index (χ1) is 13.1. The standard InChI is InChI=1S/C20H16F3NO4/c1-11-3-4-12(2)16(7-11)24-18(25)10-27-13-5-6-14-15(20(21,22)23)9-19(26)28-17(14)8-13/h3-9H,10H2,1-2H3,(H,24,25). The number of ether oxygens (including phenoxy) is 1. The van der Waals surface area contributed by atoms with E-state index in [0.717, 1.165) is 23.3 Å². The molecule has 0 aliphatic carbocycles. The molecular formula is C20H16F3NO4. The van der Waals surface area contributed by atoms with Gasteiger partial charge < -0.3 is 14.5 Å². The van der Waals surface area contributed by atoms with Crippen LogP contribution >= 0.6 is 0 Å². The highest BCUT2D eigenvalue weighted by atomic mass is 19.4. The van der Waals surface area contributed by atoms with Crippen molar-refractivity contribution in [3.63, 3.8) is 0 Å². The molecule has 1 N–H and O–H groups in total. The minimum absolute atomic E-state index is 0.103. The van der Waals surface area contributed by atoms with Crippen molar-refractivity contribution < 1.29 is 27.1 Å². The van der Waals surface area contributed by atoms with Crippen LogP contribution < -0.4 is 15.7 Å². The number of halogens is 3. The Kier molecular flexibility index (Phi) is 5.13. The monoisotopic (exact) mass is 391 g/mol. The van der Waals surface area contributed by atoms with Crippen molar-refractivity contribution in [2.24, 2.45) is 0 Å². The van der Waals surface area contributed by atoms with E-state index in [1.54, 1.807) is 0 Å². The Hall–Kier alpha value is -3.29. The van der Waals surface area contributed by atoms with Crippen LogP contribution in [0.5, 0.6) is 5.75 Å². The fourth-order valence-electron chi connectivity index (χ4n) is 2.67. The molecule has 0 bridgehead atoms. The topological polar surface area (TPSA) is 68.5 Å². The van der Waals surface area contributed by atoms with Crippen molar-refractivity contribution in [3.05, 3.63) is 69.6 Å². The Morgan fingerprint density at radius 1 is 1.11 bits per heavy atom. The van der Waals surface area contributed by atoms with Gasteiger partial charge >= 0.3 is 11.8 Å². The minimum Gasteiger partial charge on any atom is -0.484 e. The number of carbonyl (C=O) groups excluding carboxylic acids is 1. The number of amides is 1. The van der Waals surface area contributed by atoms with Gasteiger partial charge in [0.25, 0.3) is 5.91 Å². The summed E-state index contributed by atoms with van der Waals surface area (Å²) in [7, 11) is 0. The molecule has 3 rings (SSSR count). The smallest absolute Gasteiger partial charge is 0.417 e. The molecule has 5 nitrogen and oxygen atoms in total. The summed E-state index contributed by atoms with van der Waals surface area (Å²) in [6, 6.07) is 9.57. The Labute approximate surface area is 157 Å². The van der Waals surface area contributed by atoms with Crippen molar-refractivity contribution in [2.45, 2.75) is 20.0 Å². The zero-order valence-corrected chi connectivity index (χ0v) is 15.0. The highest BCUT2D eigenvalue weighted by molar-refractivity contribution is 5.92. The van der Waals surface area contributed by atoms with Crippen molar-refractivity contribution in [2.75, 3.05) is 11.9 Å². The maximum atomic E-state index is 13.1. The molecule has 0 unspecified atom stereocenters. The van der Waals surface area contributed by atoms with E-state index in [4.69, 9.17) is 9.15 Å². The Bertz CT molecular complexity index is 1100. The molecule has 1 amide bonds. The molecule has 0 atom stereocenters. The van der Waals surface area contributed by atoms with Crippen molar-refractivity contribution in [1.82, 2.24) is 0 Å². The van der Waals surface area contributed by atoms with Gasteiger partial charge in [-0.3, -0.25) is 4.79 Å². The number of benzene rings is 2. The van der Waals surface area contributed by atoms with E-state index >= 15 is 0 Å². The number of hydrogen-bond acceptors (Lipinski definition) is 4. The molecule has 1 heterocycles. The molecule has 8 heteroatoms. The molecule has 0 aliphatic rings. The first-order valence-electron chi connectivity index (χ1n) is 8.28. The van der Waals surface area contributed by atoms with Crippen LogP contribution in [0.4, 0.5) is 18.9 Å². The normalized spacial score (nSPS) is 11.5. The first kappa shape index (κ1) is 19.5. The molecule has 0 saturated carbocycles. The van der Waals surface area contributed by atoms with Crippen LogP contribution in [0, 0.1) is 13.8 Å². The summed E-state index contributed by atoms with van der Waals surface area (Å²) in [6.45, 7) is 3.38. The lowest BCUT2D eigenvalue weighted by atomic mass is 10.1. The lowest BCUT2D eigenvalue weighted by Gasteiger charge is -2.12. The van der Waals surface area contributed by atoms with Crippen LogP contribution in [0.15, 0.2) is 51.7 Å². The predicted octanol–water partition coefficient (Wildman–Crippen LogP) is 4.45. The summed E-state index contributed by atoms with van der Waals surface area (Å²) in [5.74, 6) is -0.328. The SMILES string of the molecule is Cc1ccc(C)c(NC(=O)COc2ccc3c(C(F)(F)F)cc(=O)oc3c2)c1. The molecule has 146 valence electrons. The van der Waals surface area contributed by atoms with Crippen LogP contribution in [0.3, 0.4) is 0 Å². The van der Waals surface area contributed by atoms with Gasteiger partial charge in [0, 0.05) is 23.2 Å². The molecule has 0 fully saturated rings. The molecule has 28 heavy (non-hydrogen) atoms. The van der Waals surface area contributed by atoms with Gasteiger partial charge in [0.05, 0.1) is 5.56 Å². The quantitative estimate of drug-likeness (QED) is 0.668. The van der Waals surface area contributed by atoms with E-state index in [2.05, 4.69) is 5.32 Å². The Balaban J connectivity index is 1.77. The minimum atomic E-state index is -4.69. The van der Waals surface area contributed by atoms with E-state index in [0.29, 0.717) is 11.8 Å². The lowest BCUT2D eigenvalue weighted by Crippen LogP contribution is -2.20. The maximum Gasteiger partial charge on any atom is 0.417 e. The number of aryl methyl sites for hydroxylation is 2. The maximum absolute atomic E-state index is 13.1. The van der Waals surface area contributed by atoms with E-state index in [-0.39, 0.29) is 23.3 Å². The average molecular weight is 391 g/mol. The third kappa shape index (κ3) is 4.33. The largest absolute Gasteiger partial charge is 0.484 e. The number of fused-ring (bicyclic) bond motifs is 1. The Morgan fingerprint density at radius 2 is 1.86 bits per heavy atom. The van der Waals surface area contributed by atoms with Gasteiger partial charge in [0.15, 0.2) is 6.61 Å². The molecule has 2 aromatic carbocycles. The number of nitrogens with one attached hydrogen (secondary N) is 1. The van der Waals surface area contributed by atoms with E-state index in [1.807, 2.05) is 32.0 Å². The number of carbonyl (C=O) groups is 1. The first-order valence-corrected chi connectivity index (χ1v) is 8.28. The molecule has 0 spiro atoms. The molecule has 0 radical (unpaired) electrons. The summed E-state index contributed by atoms with van der Waals surface area (Å²) >= 11 is 0. The molecular weight excluding hydrogens is 375 g/mol. The van der Waals surface area contributed by atoms with E-state index in [9.17, 15) is 22.8 Å². The third-order valence-electron chi connectivity index (χ3n) is 4.06. The summed E-state index contributed by atoms with van der Waals surface area (Å²) in [6.07, 6.45) is -4.69. The lowest BCUT2D eigenvalue weighted by molar-refractivity contribution is -0.136. The highest BCUT2D eigenvalue weighted by Crippen LogP contribution is 2.34. The number of anilines is 1. The third-order valence-corrected chi connectivity index (χ3v) is 4.06. The van der Waals surface area contributed by atoms with Crippen molar-refractivity contribution in [3.8, 4) is 5.75 Å². The zero-order chi connectivity index (χ0) is 20.5. The van der Waals surface area contributed by atoms with Gasteiger partial charge in [-0.25, -0.2) is 4.79 Å². The molecule has 1 aromatic heterocycles. The van der Waals surface area contributed by atoms with Gasteiger partial charge in [-0.1, -0.05) is 12.1 Å². The molecule has 3 aromatic rings. The van der Waals surface area contributed by atoms with Gasteiger partial charge in [0.2, 0.25) is 0 Å². The van der Waals surface area contributed by atoms with Crippen molar-refractivity contribution >= 4 is 22.6 Å². The second-order valence-corrected chi connectivity index (χ2v) is 6.29. The van der Waals surface area contributed by atoms with Gasteiger partial charge in [-0.2, -0.15) is 13.2 Å². The number of rotatable bonds is 4. The summed E-state index contributed by atoms with van der Waals surface area (Å²) in [4.78, 5) is 23.5. The second kappa shape index (κ2) is 7.38. The number of alkyl halides is 3. The Morgan fingerprint density at radius 3 is 2.57 bits per heavy atom. The van der Waals surface area contributed by atoms with Crippen molar-refractivity contribution in [1.29, 1.82) is 0 Å². The molecule has 0 saturated heterocycles. The molecule has 0 aliphatic heterocycles. The van der Waals surface area contributed by atoms with Gasteiger partial charge in [0.1, 0.15) is 11.3 Å². The van der Waals surface area contributed by atoms with Gasteiger partial charge in [-0.05, 0) is 43.2 Å². The van der Waals surface area contributed by atoms with Crippen LogP contribution in [-0.4, -0.2) is 12.5 Å². The van der Waals surface area contributed by atoms with Crippen LogP contribution in [0.2, 0.25) is 0 Å². The van der Waals surface area contributed by atoms with Gasteiger partial charge in [-0.15, -0.1) is 0 Å². The van der Waals surface area contributed by atoms with Crippen LogP contribution in [-0.2, 0) is 11.0 Å². The number of hydrogen-bond donors (Lipinski definition) is 1. The van der Waals surface area contributed by atoms with E-state index < -0.39 is 23.3 Å². The second-order valence-electron chi connectivity index (χ2n) is 6.29. The zero-order valence-electron chi connectivity index (χ0n) is 15.0. The van der Waals surface area contributed by atoms with E-state index in [1.165, 1.54) is 6.07 Å². The predicted molar refractivity (Wildman–Crippen MR) is 97.5 cm³/mol. The van der Waals surface area contributed by atoms with Crippen LogP contribution in [0.1, 0.15) is 16.7 Å². The summed E-state index contributed by atoms with van der Waals surface area (Å²) in [5, 5.41) is 2.45. The average Bonchev–Trinajstić information content (AvgIpc) is 2.61. The fraction of sp³-hybridized carbons (Fsp3) is 0.200. The van der Waals surface area contributed by atoms with Crippen LogP contribution in [0.25, 0.3) is 11.0 Å². The summed E-state index contributed by atoms with van der Waals surface area (Å²) in [5.41, 5.74) is 0.0285.